The first-order chi connectivity index (χ1) is 38.6. The molecule has 2 aromatic rings. The van der Waals surface area contributed by atoms with Gasteiger partial charge in [0.15, 0.2) is 5.96 Å². The first kappa shape index (κ1) is 64.2. The molecule has 1 spiro atoms. The van der Waals surface area contributed by atoms with Gasteiger partial charge in [0.05, 0.1) is 13.5 Å². The van der Waals surface area contributed by atoms with Crippen LogP contribution in [0.5, 0.6) is 5.75 Å². The molecule has 5 rings (SSSR count). The minimum absolute atomic E-state index is 0.0116. The summed E-state index contributed by atoms with van der Waals surface area (Å²) < 4.78 is 4.59. The summed E-state index contributed by atoms with van der Waals surface area (Å²) in [5.41, 5.74) is 28.7. The highest BCUT2D eigenvalue weighted by Crippen LogP contribution is 2.48. The van der Waals surface area contributed by atoms with Crippen molar-refractivity contribution in [2.45, 2.75) is 156 Å². The van der Waals surface area contributed by atoms with Gasteiger partial charge in [-0.3, -0.25) is 57.7 Å². The molecule has 8 atom stereocenters. The molecule has 0 radical (unpaired) electrons. The van der Waals surface area contributed by atoms with E-state index in [1.54, 1.807) is 54.6 Å². The summed E-state index contributed by atoms with van der Waals surface area (Å²) >= 11 is 0. The van der Waals surface area contributed by atoms with Gasteiger partial charge in [-0.1, -0.05) is 83.3 Å². The van der Waals surface area contributed by atoms with Gasteiger partial charge in [-0.25, -0.2) is 0 Å². The zero-order valence-electron chi connectivity index (χ0n) is 45.5. The van der Waals surface area contributed by atoms with E-state index in [2.05, 4.69) is 42.2 Å². The van der Waals surface area contributed by atoms with Gasteiger partial charge >= 0.3 is 0 Å². The molecule has 2 aromatic carbocycles. The highest BCUT2D eigenvalue weighted by molar-refractivity contribution is 8.77. The highest BCUT2D eigenvalue weighted by atomic mass is 33.1. The monoisotopic (exact) mass is 1160 g/mol. The number of rotatable bonds is 20. The van der Waals surface area contributed by atoms with Crippen molar-refractivity contribution in [3.8, 4) is 5.75 Å². The normalized spacial score (nSPS) is 22.9. The van der Waals surface area contributed by atoms with Gasteiger partial charge in [-0.2, -0.15) is 0 Å². The van der Waals surface area contributed by atoms with Crippen LogP contribution in [0.4, 0.5) is 0 Å². The Bertz CT molecular complexity index is 2600. The zero-order valence-corrected chi connectivity index (χ0v) is 47.2. The van der Waals surface area contributed by atoms with Crippen molar-refractivity contribution in [2.24, 2.45) is 33.7 Å². The molecule has 11 amide bonds. The van der Waals surface area contributed by atoms with Gasteiger partial charge in [0, 0.05) is 49.3 Å². The number of hydrogen-bond acceptors (Lipinski definition) is 15. The van der Waals surface area contributed by atoms with Gasteiger partial charge < -0.3 is 75.5 Å². The number of aliphatic imine (C=N–C) groups is 1. The second-order valence-electron chi connectivity index (χ2n) is 20.4. The van der Waals surface area contributed by atoms with Crippen molar-refractivity contribution in [1.82, 2.24) is 42.1 Å². The van der Waals surface area contributed by atoms with Crippen molar-refractivity contribution < 1.29 is 57.5 Å². The van der Waals surface area contributed by atoms with E-state index in [9.17, 15) is 52.7 Å². The predicted molar refractivity (Wildman–Crippen MR) is 303 cm³/mol. The Morgan fingerprint density at radius 3 is 1.96 bits per heavy atom. The number of amides is 11. The van der Waals surface area contributed by atoms with Crippen LogP contribution < -0.4 is 70.6 Å². The molecule has 1 saturated carbocycles. The van der Waals surface area contributed by atoms with Crippen LogP contribution in [-0.2, 0) is 65.6 Å². The molecular formula is C53H76N14O12S2. The standard InChI is InChI=1S/C53H76N14O12S2/c1-30(44(56)71)60-45(72)34(13-9-23-59-52(57)58)63-50(77)40-14-10-24-67(40)51(78)39-29-80-81-53(21-7-4-8-22-53)28-43(70)61-36(26-32-15-17-33(79-2)18-16-32)47(74)64-37(25-31-11-5-3-6-12-31)48(75)62-35(19-20-41(54)68)46(73)65-38(27-42(55)69)49(76)66-39/h3,5-6,11-12,15-18,30,34-40H,4,7-10,13-14,19-29H2,1-2H3,(H2,54,68)(H2,55,69)(H2,56,71)(H,60,72)(H,61,70)(H,62,75)(H,63,77)(H,64,74)(H,65,73)(H,66,76)(H4,57,58,59)/t30-,34-,35-,36?,37?,38-,39?,40-/m0/s1. The van der Waals surface area contributed by atoms with Gasteiger partial charge in [0.25, 0.3) is 0 Å². The van der Waals surface area contributed by atoms with Gasteiger partial charge in [-0.15, -0.1) is 0 Å². The lowest BCUT2D eigenvalue weighted by molar-refractivity contribution is -0.142. The number of benzene rings is 2. The Kier molecular flexibility index (Phi) is 24.9. The first-order valence-corrected chi connectivity index (χ1v) is 29.2. The number of likely N-dealkylation sites (tertiary alicyclic amines) is 1. The maximum atomic E-state index is 15.0. The number of hydrogen-bond donors (Lipinski definition) is 12. The average molecular weight is 1170 g/mol. The van der Waals surface area contributed by atoms with E-state index in [0.29, 0.717) is 36.1 Å². The minimum atomic E-state index is -1.77. The van der Waals surface area contributed by atoms with E-state index in [-0.39, 0.29) is 63.3 Å². The molecule has 1 aliphatic carbocycles. The Labute approximate surface area is 477 Å². The predicted octanol–water partition coefficient (Wildman–Crippen LogP) is -1.95. The zero-order chi connectivity index (χ0) is 59.2. The third-order valence-electron chi connectivity index (χ3n) is 14.1. The number of primary amides is 3. The van der Waals surface area contributed by atoms with Crippen molar-refractivity contribution in [2.75, 3.05) is 26.0 Å². The lowest BCUT2D eigenvalue weighted by Crippen LogP contribution is -2.61. The summed E-state index contributed by atoms with van der Waals surface area (Å²) in [5.74, 6) is -8.93. The van der Waals surface area contributed by atoms with E-state index in [1.807, 2.05) is 0 Å². The molecular weight excluding hydrogens is 1090 g/mol. The first-order valence-electron chi connectivity index (χ1n) is 26.9. The lowest BCUT2D eigenvalue weighted by atomic mass is 9.85. The van der Waals surface area contributed by atoms with E-state index < -0.39 is 137 Å². The molecule has 28 heteroatoms. The van der Waals surface area contributed by atoms with E-state index in [1.165, 1.54) is 40.5 Å². The summed E-state index contributed by atoms with van der Waals surface area (Å²) in [4.78, 5) is 157. The summed E-state index contributed by atoms with van der Waals surface area (Å²) in [7, 11) is 4.02. The van der Waals surface area contributed by atoms with Crippen LogP contribution >= 0.6 is 21.6 Å². The second-order valence-corrected chi connectivity index (χ2v) is 23.2. The molecule has 2 heterocycles. The smallest absolute Gasteiger partial charge is 0.246 e. The topological polar surface area (TPSA) is 427 Å². The Hall–Kier alpha value is -7.62. The largest absolute Gasteiger partial charge is 0.497 e. The van der Waals surface area contributed by atoms with Crippen LogP contribution in [0.2, 0.25) is 0 Å². The molecule has 2 aliphatic heterocycles. The maximum Gasteiger partial charge on any atom is 0.246 e. The molecule has 26 nitrogen and oxygen atoms in total. The van der Waals surface area contributed by atoms with E-state index >= 15 is 0 Å². The van der Waals surface area contributed by atoms with Crippen LogP contribution in [0, 0.1) is 0 Å². The molecule has 81 heavy (non-hydrogen) atoms. The summed E-state index contributed by atoms with van der Waals surface area (Å²) in [5, 5.41) is 18.6. The van der Waals surface area contributed by atoms with Gasteiger partial charge in [0.1, 0.15) is 54.1 Å². The van der Waals surface area contributed by atoms with Gasteiger partial charge in [0.2, 0.25) is 65.0 Å². The number of nitrogens with zero attached hydrogens (tertiary/aromatic N) is 2. The number of ether oxygens (including phenoxy) is 1. The van der Waals surface area contributed by atoms with Crippen molar-refractivity contribution in [3.63, 3.8) is 0 Å². The van der Waals surface area contributed by atoms with Crippen molar-refractivity contribution in [1.29, 1.82) is 0 Å². The Morgan fingerprint density at radius 1 is 0.741 bits per heavy atom. The van der Waals surface area contributed by atoms with Crippen molar-refractivity contribution in [3.05, 3.63) is 65.7 Å². The van der Waals surface area contributed by atoms with E-state index in [0.717, 1.165) is 19.3 Å². The van der Waals surface area contributed by atoms with Crippen LogP contribution in [0.1, 0.15) is 102 Å². The quantitative estimate of drug-likeness (QED) is 0.0297. The third kappa shape index (κ3) is 20.5. The summed E-state index contributed by atoms with van der Waals surface area (Å²) in [6.45, 7) is 1.50. The average Bonchev–Trinajstić information content (AvgIpc) is 4.06. The van der Waals surface area contributed by atoms with E-state index in [4.69, 9.17) is 33.4 Å². The number of carbonyl (C=O) groups excluding carboxylic acids is 11. The minimum Gasteiger partial charge on any atom is -0.497 e. The SMILES string of the molecule is COc1ccc(CC2NC(=O)CC3(CCCCC3)SSCC(C(=O)N3CCC[C@H]3C(=O)N[C@@H](CCCN=C(N)N)C(=O)N[C@@H](C)C(N)=O)NC(=O)[C@H](CC(N)=O)NC(=O)[C@H](CCC(N)=O)NC(=O)C(Cc3ccccc3)NC2=O)cc1. The lowest BCUT2D eigenvalue weighted by Gasteiger charge is -2.37. The van der Waals surface area contributed by atoms with Crippen LogP contribution in [0.25, 0.3) is 0 Å². The van der Waals surface area contributed by atoms with Crippen molar-refractivity contribution >= 4 is 92.5 Å². The number of methoxy groups -OCH3 is 1. The molecule has 17 N–H and O–H groups in total. The van der Waals surface area contributed by atoms with Crippen LogP contribution in [-0.4, -0.2) is 155 Å². The third-order valence-corrected chi connectivity index (χ3v) is 17.4. The Morgan fingerprint density at radius 2 is 1.35 bits per heavy atom. The number of nitrogens with two attached hydrogens (primary N) is 5. The summed E-state index contributed by atoms with van der Waals surface area (Å²) in [6.07, 6.45) is 2.38. The molecule has 0 bridgehead atoms. The fourth-order valence-corrected chi connectivity index (χ4v) is 13.0. The molecule has 3 fully saturated rings. The number of guanidine groups is 1. The highest BCUT2D eigenvalue weighted by Gasteiger charge is 2.42. The fraction of sp³-hybridized carbons (Fsp3) is 0.547. The fourth-order valence-electron chi connectivity index (χ4n) is 9.67. The number of carbonyl (C=O) groups is 11. The maximum absolute atomic E-state index is 15.0. The summed E-state index contributed by atoms with van der Waals surface area (Å²) in [6, 6.07) is 4.57. The molecule has 3 aliphatic rings. The molecule has 3 unspecified atom stereocenters. The molecule has 2 saturated heterocycles. The number of nitrogens with one attached hydrogen (secondary N) is 7. The second kappa shape index (κ2) is 31.4. The van der Waals surface area contributed by atoms with Crippen LogP contribution in [0.3, 0.4) is 0 Å². The van der Waals surface area contributed by atoms with Gasteiger partial charge in [-0.05, 0) is 75.1 Å². The Balaban J connectivity index is 1.54. The van der Waals surface area contributed by atoms with Crippen LogP contribution in [0.15, 0.2) is 59.6 Å². The molecule has 0 aromatic heterocycles. The molecule has 442 valence electrons.